The molecule has 3 N–H and O–H groups in total. The van der Waals surface area contributed by atoms with E-state index in [9.17, 15) is 5.11 Å². The van der Waals surface area contributed by atoms with Crippen LogP contribution in [0.25, 0.3) is 0 Å². The molecule has 0 aromatic heterocycles. The molecular formula is C24H34N4O2. The van der Waals surface area contributed by atoms with Crippen molar-refractivity contribution < 1.29 is 9.84 Å². The first-order valence-corrected chi connectivity index (χ1v) is 10.9. The van der Waals surface area contributed by atoms with Gasteiger partial charge in [-0.05, 0) is 49.9 Å². The highest BCUT2D eigenvalue weighted by Crippen LogP contribution is 2.27. The second kappa shape index (κ2) is 11.5. The minimum absolute atomic E-state index is 0.164. The lowest BCUT2D eigenvalue weighted by atomic mass is 10.0. The number of piperidine rings is 1. The van der Waals surface area contributed by atoms with E-state index in [0.29, 0.717) is 24.9 Å². The van der Waals surface area contributed by atoms with Gasteiger partial charge in [0.25, 0.3) is 0 Å². The SMILES string of the molecule is CCNC(=NCc1ccc(O)c(OCC)c1)NC1CCN(Cc2ccccc2)CC1. The summed E-state index contributed by atoms with van der Waals surface area (Å²) in [5, 5.41) is 16.8. The Balaban J connectivity index is 1.52. The molecule has 0 saturated carbocycles. The summed E-state index contributed by atoms with van der Waals surface area (Å²) in [4.78, 5) is 7.26. The maximum atomic E-state index is 9.87. The number of nitrogens with one attached hydrogen (secondary N) is 2. The summed E-state index contributed by atoms with van der Waals surface area (Å²) in [5.41, 5.74) is 2.38. The van der Waals surface area contributed by atoms with Crippen LogP contribution in [0.2, 0.25) is 0 Å². The van der Waals surface area contributed by atoms with Crippen molar-refractivity contribution in [3.63, 3.8) is 0 Å². The lowest BCUT2D eigenvalue weighted by Crippen LogP contribution is -2.48. The van der Waals surface area contributed by atoms with Crippen LogP contribution in [0.1, 0.15) is 37.8 Å². The molecule has 0 unspecified atom stereocenters. The van der Waals surface area contributed by atoms with E-state index in [4.69, 9.17) is 9.73 Å². The molecule has 1 fully saturated rings. The topological polar surface area (TPSA) is 69.1 Å². The minimum atomic E-state index is 0.164. The van der Waals surface area contributed by atoms with Gasteiger partial charge < -0.3 is 20.5 Å². The summed E-state index contributed by atoms with van der Waals surface area (Å²) < 4.78 is 5.47. The Morgan fingerprint density at radius 2 is 1.87 bits per heavy atom. The van der Waals surface area contributed by atoms with Crippen LogP contribution in [0.5, 0.6) is 11.5 Å². The van der Waals surface area contributed by atoms with Crippen molar-refractivity contribution in [1.82, 2.24) is 15.5 Å². The van der Waals surface area contributed by atoms with Gasteiger partial charge in [-0.25, -0.2) is 4.99 Å². The predicted octanol–water partition coefficient (Wildman–Crippen LogP) is 3.51. The van der Waals surface area contributed by atoms with Crippen molar-refractivity contribution in [1.29, 1.82) is 0 Å². The van der Waals surface area contributed by atoms with Gasteiger partial charge in [-0.15, -0.1) is 0 Å². The normalized spacial score (nSPS) is 15.7. The van der Waals surface area contributed by atoms with E-state index in [1.165, 1.54) is 5.56 Å². The zero-order valence-electron chi connectivity index (χ0n) is 18.1. The van der Waals surface area contributed by atoms with E-state index in [2.05, 4.69) is 52.8 Å². The molecule has 0 radical (unpaired) electrons. The standard InChI is InChI=1S/C24H34N4O2/c1-3-25-24(26-17-20-10-11-22(29)23(16-20)30-4-2)27-21-12-14-28(15-13-21)18-19-8-6-5-7-9-19/h5-11,16,21,29H,3-4,12-15,17-18H2,1-2H3,(H2,25,26,27). The molecule has 0 spiro atoms. The fourth-order valence-electron chi connectivity index (χ4n) is 3.69. The first-order valence-electron chi connectivity index (χ1n) is 10.9. The lowest BCUT2D eigenvalue weighted by molar-refractivity contribution is 0.198. The molecule has 6 nitrogen and oxygen atoms in total. The molecule has 2 aromatic rings. The van der Waals surface area contributed by atoms with E-state index in [1.807, 2.05) is 19.1 Å². The van der Waals surface area contributed by atoms with Gasteiger partial charge in [-0.2, -0.15) is 0 Å². The van der Waals surface area contributed by atoms with E-state index in [1.54, 1.807) is 6.07 Å². The number of phenolic OH excluding ortho intramolecular Hbond substituents is 1. The minimum Gasteiger partial charge on any atom is -0.504 e. The van der Waals surface area contributed by atoms with Crippen LogP contribution in [0.15, 0.2) is 53.5 Å². The summed E-state index contributed by atoms with van der Waals surface area (Å²) in [6.45, 7) is 9.04. The fourth-order valence-corrected chi connectivity index (χ4v) is 3.69. The number of likely N-dealkylation sites (tertiary alicyclic amines) is 1. The smallest absolute Gasteiger partial charge is 0.191 e. The van der Waals surface area contributed by atoms with Crippen molar-refractivity contribution in [2.45, 2.75) is 45.8 Å². The molecule has 0 aliphatic carbocycles. The van der Waals surface area contributed by atoms with Crippen LogP contribution in [-0.4, -0.2) is 48.2 Å². The van der Waals surface area contributed by atoms with E-state index >= 15 is 0 Å². The van der Waals surface area contributed by atoms with Gasteiger partial charge in [-0.3, -0.25) is 4.90 Å². The van der Waals surface area contributed by atoms with Crippen LogP contribution >= 0.6 is 0 Å². The monoisotopic (exact) mass is 410 g/mol. The molecule has 1 saturated heterocycles. The van der Waals surface area contributed by atoms with Gasteiger partial charge >= 0.3 is 0 Å². The van der Waals surface area contributed by atoms with Crippen LogP contribution in [0.4, 0.5) is 0 Å². The third-order valence-corrected chi connectivity index (χ3v) is 5.27. The Labute approximate surface area is 180 Å². The second-order valence-electron chi connectivity index (χ2n) is 7.61. The molecule has 0 amide bonds. The third kappa shape index (κ3) is 6.66. The number of hydrogen-bond acceptors (Lipinski definition) is 4. The molecule has 1 heterocycles. The number of guanidine groups is 1. The number of benzene rings is 2. The van der Waals surface area contributed by atoms with Crippen molar-refractivity contribution in [3.05, 3.63) is 59.7 Å². The molecule has 162 valence electrons. The highest BCUT2D eigenvalue weighted by Gasteiger charge is 2.20. The van der Waals surface area contributed by atoms with Crippen molar-refractivity contribution in [2.75, 3.05) is 26.2 Å². The Hall–Kier alpha value is -2.73. The molecule has 30 heavy (non-hydrogen) atoms. The molecule has 0 atom stereocenters. The molecular weight excluding hydrogens is 376 g/mol. The average molecular weight is 411 g/mol. The van der Waals surface area contributed by atoms with Crippen LogP contribution in [-0.2, 0) is 13.1 Å². The molecule has 0 bridgehead atoms. The predicted molar refractivity (Wildman–Crippen MR) is 122 cm³/mol. The Morgan fingerprint density at radius 1 is 1.10 bits per heavy atom. The number of aromatic hydroxyl groups is 1. The van der Waals surface area contributed by atoms with Crippen molar-refractivity contribution in [2.24, 2.45) is 4.99 Å². The number of hydrogen-bond donors (Lipinski definition) is 3. The Kier molecular flexibility index (Phi) is 8.39. The van der Waals surface area contributed by atoms with Gasteiger partial charge in [0, 0.05) is 32.2 Å². The summed E-state index contributed by atoms with van der Waals surface area (Å²) in [6.07, 6.45) is 2.20. The second-order valence-corrected chi connectivity index (χ2v) is 7.61. The molecule has 6 heteroatoms. The van der Waals surface area contributed by atoms with E-state index in [0.717, 1.165) is 50.5 Å². The van der Waals surface area contributed by atoms with Crippen molar-refractivity contribution in [3.8, 4) is 11.5 Å². The highest BCUT2D eigenvalue weighted by molar-refractivity contribution is 5.80. The maximum Gasteiger partial charge on any atom is 0.191 e. The first kappa shape index (κ1) is 22.0. The van der Waals surface area contributed by atoms with E-state index in [-0.39, 0.29) is 5.75 Å². The lowest BCUT2D eigenvalue weighted by Gasteiger charge is -2.33. The molecule has 2 aromatic carbocycles. The van der Waals surface area contributed by atoms with Crippen LogP contribution in [0.3, 0.4) is 0 Å². The first-order chi connectivity index (χ1) is 14.7. The number of ether oxygens (including phenoxy) is 1. The third-order valence-electron chi connectivity index (χ3n) is 5.27. The molecule has 1 aliphatic heterocycles. The number of nitrogens with zero attached hydrogens (tertiary/aromatic N) is 2. The van der Waals surface area contributed by atoms with Gasteiger partial charge in [0.15, 0.2) is 17.5 Å². The zero-order chi connectivity index (χ0) is 21.2. The fraction of sp³-hybridized carbons (Fsp3) is 0.458. The number of rotatable bonds is 8. The average Bonchev–Trinajstić information content (AvgIpc) is 2.76. The van der Waals surface area contributed by atoms with Gasteiger partial charge in [0.05, 0.1) is 13.2 Å². The summed E-state index contributed by atoms with van der Waals surface area (Å²) in [7, 11) is 0. The number of aliphatic imine (C=N–C) groups is 1. The number of phenols is 1. The largest absolute Gasteiger partial charge is 0.504 e. The summed E-state index contributed by atoms with van der Waals surface area (Å²) in [5.74, 6) is 1.51. The highest BCUT2D eigenvalue weighted by atomic mass is 16.5. The van der Waals surface area contributed by atoms with Crippen LogP contribution < -0.4 is 15.4 Å². The van der Waals surface area contributed by atoms with Gasteiger partial charge in [-0.1, -0.05) is 36.4 Å². The van der Waals surface area contributed by atoms with Gasteiger partial charge in [0.2, 0.25) is 0 Å². The van der Waals surface area contributed by atoms with Crippen LogP contribution in [0, 0.1) is 0 Å². The summed E-state index contributed by atoms with van der Waals surface area (Å²) >= 11 is 0. The summed E-state index contributed by atoms with van der Waals surface area (Å²) in [6, 6.07) is 16.5. The molecule has 3 rings (SSSR count). The quantitative estimate of drug-likeness (QED) is 0.459. The maximum absolute atomic E-state index is 9.87. The molecule has 1 aliphatic rings. The Bertz CT molecular complexity index is 802. The van der Waals surface area contributed by atoms with E-state index < -0.39 is 0 Å². The Morgan fingerprint density at radius 3 is 2.57 bits per heavy atom. The zero-order valence-corrected chi connectivity index (χ0v) is 18.1. The van der Waals surface area contributed by atoms with Gasteiger partial charge in [0.1, 0.15) is 0 Å². The van der Waals surface area contributed by atoms with Crippen molar-refractivity contribution >= 4 is 5.96 Å².